The number of methoxy groups -OCH3 is 1. The first-order valence-corrected chi connectivity index (χ1v) is 3.95. The van der Waals surface area contributed by atoms with E-state index in [0.29, 0.717) is 5.56 Å². The fraction of sp³-hybridized carbons (Fsp3) is 0.333. The van der Waals surface area contributed by atoms with Gasteiger partial charge in [0, 0.05) is 11.6 Å². The van der Waals surface area contributed by atoms with Crippen LogP contribution in [0.2, 0.25) is 0 Å². The predicted octanol–water partition coefficient (Wildman–Crippen LogP) is 0.648. The Kier molecular flexibility index (Phi) is 2.93. The fourth-order valence-corrected chi connectivity index (χ4v) is 1.15. The minimum Gasteiger partial charge on any atom is -0.493 e. The quantitative estimate of drug-likeness (QED) is 0.676. The van der Waals surface area contributed by atoms with Crippen LogP contribution in [-0.4, -0.2) is 15.0 Å². The highest BCUT2D eigenvalue weighted by atomic mass is 19.1. The fourth-order valence-electron chi connectivity index (χ4n) is 1.15. The molecule has 0 aromatic heterocycles. The van der Waals surface area contributed by atoms with Crippen molar-refractivity contribution in [2.45, 2.75) is 13.0 Å². The Morgan fingerprint density at radius 3 is 2.62 bits per heavy atom. The van der Waals surface area contributed by atoms with Crippen LogP contribution in [0.15, 0.2) is 12.1 Å². The summed E-state index contributed by atoms with van der Waals surface area (Å²) in [5.74, 6) is -0.410. The molecule has 13 heavy (non-hydrogen) atoms. The molecule has 68 valence electrons. The van der Waals surface area contributed by atoms with Gasteiger partial charge >= 0.3 is 0 Å². The molecule has 0 heterocycles. The highest BCUT2D eigenvalue weighted by Crippen LogP contribution is 2.24. The van der Waals surface area contributed by atoms with Crippen molar-refractivity contribution in [3.63, 3.8) is 0 Å². The van der Waals surface area contributed by atoms with E-state index in [9.17, 15) is 4.39 Å². The lowest BCUT2D eigenvalue weighted by Gasteiger charge is -2.13. The highest BCUT2D eigenvalue weighted by molar-refractivity contribution is 6.32. The largest absolute Gasteiger partial charge is 0.493 e. The van der Waals surface area contributed by atoms with Gasteiger partial charge in [0.25, 0.3) is 0 Å². The van der Waals surface area contributed by atoms with Gasteiger partial charge < -0.3 is 10.5 Å². The lowest BCUT2D eigenvalue weighted by atomic mass is 9.92. The number of nitrogens with two attached hydrogens (primary N) is 1. The summed E-state index contributed by atoms with van der Waals surface area (Å²) in [7, 11) is 6.76. The molecular formula is C9H11BFNO. The Hall–Kier alpha value is -1.03. The third kappa shape index (κ3) is 1.83. The van der Waals surface area contributed by atoms with Gasteiger partial charge in [-0.3, -0.25) is 0 Å². The van der Waals surface area contributed by atoms with Crippen molar-refractivity contribution in [1.29, 1.82) is 0 Å². The van der Waals surface area contributed by atoms with E-state index in [1.165, 1.54) is 13.2 Å². The average molecular weight is 179 g/mol. The molecule has 0 fully saturated rings. The third-order valence-corrected chi connectivity index (χ3v) is 1.85. The van der Waals surface area contributed by atoms with Crippen LogP contribution >= 0.6 is 0 Å². The van der Waals surface area contributed by atoms with Crippen molar-refractivity contribution in [2.75, 3.05) is 7.11 Å². The molecule has 2 radical (unpaired) electrons. The van der Waals surface area contributed by atoms with Crippen LogP contribution in [0.4, 0.5) is 4.39 Å². The second kappa shape index (κ2) is 3.79. The Morgan fingerprint density at radius 1 is 1.54 bits per heavy atom. The highest BCUT2D eigenvalue weighted by Gasteiger charge is 2.13. The molecule has 1 aromatic carbocycles. The molecule has 0 amide bonds. The number of rotatable bonds is 2. The summed E-state index contributed by atoms with van der Waals surface area (Å²) in [6.45, 7) is 1.76. The van der Waals surface area contributed by atoms with Gasteiger partial charge in [-0.25, -0.2) is 4.39 Å². The summed E-state index contributed by atoms with van der Waals surface area (Å²) in [5.41, 5.74) is 6.31. The maximum absolute atomic E-state index is 13.3. The minimum absolute atomic E-state index is 0.0706. The molecule has 1 atom stereocenters. The number of benzene rings is 1. The summed E-state index contributed by atoms with van der Waals surface area (Å²) in [4.78, 5) is 0. The number of hydrogen-bond acceptors (Lipinski definition) is 2. The van der Waals surface area contributed by atoms with Crippen LogP contribution in [0.1, 0.15) is 18.5 Å². The van der Waals surface area contributed by atoms with E-state index in [2.05, 4.69) is 0 Å². The molecule has 0 aliphatic carbocycles. The van der Waals surface area contributed by atoms with Gasteiger partial charge in [-0.05, 0) is 6.92 Å². The lowest BCUT2D eigenvalue weighted by molar-refractivity contribution is 0.380. The topological polar surface area (TPSA) is 35.2 Å². The molecule has 1 aromatic rings. The van der Waals surface area contributed by atoms with E-state index in [1.54, 1.807) is 13.0 Å². The zero-order chi connectivity index (χ0) is 10.0. The van der Waals surface area contributed by atoms with E-state index in [1.807, 2.05) is 0 Å². The Balaban J connectivity index is 3.30. The molecule has 2 N–H and O–H groups in total. The Morgan fingerprint density at radius 2 is 2.15 bits per heavy atom. The van der Waals surface area contributed by atoms with E-state index >= 15 is 0 Å². The van der Waals surface area contributed by atoms with Gasteiger partial charge in [0.05, 0.1) is 7.11 Å². The monoisotopic (exact) mass is 179 g/mol. The van der Waals surface area contributed by atoms with Gasteiger partial charge in [0.1, 0.15) is 7.85 Å². The van der Waals surface area contributed by atoms with Gasteiger partial charge in [-0.15, -0.1) is 0 Å². The second-order valence-corrected chi connectivity index (χ2v) is 2.88. The summed E-state index contributed by atoms with van der Waals surface area (Å²) >= 11 is 0. The Bertz CT molecular complexity index is 315. The van der Waals surface area contributed by atoms with E-state index in [0.717, 1.165) is 0 Å². The smallest absolute Gasteiger partial charge is 0.158 e. The van der Waals surface area contributed by atoms with Crippen LogP contribution in [0, 0.1) is 5.82 Å². The summed E-state index contributed by atoms with van der Waals surface area (Å²) in [6, 6.07) is 2.88. The standard InChI is InChI=1S/C9H11BFNO/c1-5(12)6-3-4-7(10)8(11)9(6)13-2/h3-5H,12H2,1-2H3. The summed E-state index contributed by atoms with van der Waals surface area (Å²) in [6.07, 6.45) is 0. The third-order valence-electron chi connectivity index (χ3n) is 1.85. The Labute approximate surface area is 78.3 Å². The van der Waals surface area contributed by atoms with Crippen LogP contribution < -0.4 is 15.9 Å². The van der Waals surface area contributed by atoms with Gasteiger partial charge in [0.15, 0.2) is 11.6 Å². The van der Waals surface area contributed by atoms with Crippen molar-refractivity contribution in [2.24, 2.45) is 5.73 Å². The SMILES string of the molecule is [B]c1ccc(C(C)N)c(OC)c1F. The zero-order valence-corrected chi connectivity index (χ0v) is 7.67. The molecule has 0 spiro atoms. The first-order valence-electron chi connectivity index (χ1n) is 3.95. The van der Waals surface area contributed by atoms with Crippen LogP contribution in [-0.2, 0) is 0 Å². The van der Waals surface area contributed by atoms with E-state index < -0.39 is 5.82 Å². The number of ether oxygens (including phenoxy) is 1. The number of hydrogen-bond donors (Lipinski definition) is 1. The van der Waals surface area contributed by atoms with E-state index in [-0.39, 0.29) is 17.3 Å². The first-order chi connectivity index (χ1) is 6.07. The van der Waals surface area contributed by atoms with Crippen LogP contribution in [0.3, 0.4) is 0 Å². The molecule has 0 bridgehead atoms. The average Bonchev–Trinajstić information content (AvgIpc) is 2.09. The predicted molar refractivity (Wildman–Crippen MR) is 50.9 cm³/mol. The lowest BCUT2D eigenvalue weighted by Crippen LogP contribution is -2.15. The molecule has 1 rings (SSSR count). The summed E-state index contributed by atoms with van der Waals surface area (Å²) in [5, 5.41) is 0. The van der Waals surface area contributed by atoms with Crippen molar-refractivity contribution in [3.8, 4) is 5.75 Å². The van der Waals surface area contributed by atoms with Crippen molar-refractivity contribution < 1.29 is 9.13 Å². The summed E-state index contributed by atoms with van der Waals surface area (Å²) < 4.78 is 18.2. The van der Waals surface area contributed by atoms with Crippen LogP contribution in [0.25, 0.3) is 0 Å². The zero-order valence-electron chi connectivity index (χ0n) is 7.67. The minimum atomic E-state index is -0.544. The van der Waals surface area contributed by atoms with Gasteiger partial charge in [-0.1, -0.05) is 17.6 Å². The molecule has 0 aliphatic rings. The molecule has 0 aliphatic heterocycles. The molecule has 2 nitrogen and oxygen atoms in total. The molecule has 1 unspecified atom stereocenters. The molecular weight excluding hydrogens is 168 g/mol. The van der Waals surface area contributed by atoms with Crippen molar-refractivity contribution in [1.82, 2.24) is 0 Å². The first kappa shape index (κ1) is 10.1. The maximum Gasteiger partial charge on any atom is 0.158 e. The van der Waals surface area contributed by atoms with Gasteiger partial charge in [0.2, 0.25) is 0 Å². The maximum atomic E-state index is 13.3. The molecule has 0 saturated heterocycles. The van der Waals surface area contributed by atoms with Crippen molar-refractivity contribution >= 4 is 13.3 Å². The normalized spacial score (nSPS) is 12.6. The second-order valence-electron chi connectivity index (χ2n) is 2.88. The van der Waals surface area contributed by atoms with Gasteiger partial charge in [-0.2, -0.15) is 0 Å². The number of halogens is 1. The molecule has 0 saturated carbocycles. The van der Waals surface area contributed by atoms with Crippen molar-refractivity contribution in [3.05, 3.63) is 23.5 Å². The van der Waals surface area contributed by atoms with Crippen LogP contribution in [0.5, 0.6) is 5.75 Å². The molecule has 4 heteroatoms. The van der Waals surface area contributed by atoms with E-state index in [4.69, 9.17) is 18.3 Å².